The molecule has 0 N–H and O–H groups in total. The van der Waals surface area contributed by atoms with E-state index in [0.717, 1.165) is 11.8 Å². The molecule has 2 aromatic rings. The molecule has 0 aliphatic carbocycles. The average Bonchev–Trinajstić information content (AvgIpc) is 2.61. The summed E-state index contributed by atoms with van der Waals surface area (Å²) in [4.78, 5) is -0.193. The molecular weight excluding hydrogens is 283 g/mol. The van der Waals surface area contributed by atoms with Gasteiger partial charge in [0.2, 0.25) is 0 Å². The molecule has 1 aromatic carbocycles. The van der Waals surface area contributed by atoms with E-state index < -0.39 is 9.05 Å². The predicted octanol–water partition coefficient (Wildman–Crippen LogP) is 2.76. The largest absolute Gasteiger partial charge is 0.265 e. The molecule has 4 nitrogen and oxygen atoms in total. The van der Waals surface area contributed by atoms with Crippen LogP contribution in [0.3, 0.4) is 0 Å². The van der Waals surface area contributed by atoms with Gasteiger partial charge in [0.15, 0.2) is 5.15 Å². The minimum Gasteiger partial charge on any atom is -0.221 e. The van der Waals surface area contributed by atoms with Gasteiger partial charge in [-0.25, -0.2) is 13.1 Å². The highest BCUT2D eigenvalue weighted by molar-refractivity contribution is 8.13. The van der Waals surface area contributed by atoms with Crippen LogP contribution in [0.15, 0.2) is 35.4 Å². The van der Waals surface area contributed by atoms with E-state index in [9.17, 15) is 8.42 Å². The normalized spacial score (nSPS) is 11.7. The van der Waals surface area contributed by atoms with E-state index in [0.29, 0.717) is 5.69 Å². The molecule has 0 bridgehead atoms. The number of hydrogen-bond acceptors (Lipinski definition) is 3. The van der Waals surface area contributed by atoms with Gasteiger partial charge in [-0.15, -0.1) is 0 Å². The first-order valence-corrected chi connectivity index (χ1v) is 7.33. The van der Waals surface area contributed by atoms with Crippen LogP contribution in [0, 0.1) is 6.92 Å². The van der Waals surface area contributed by atoms with Crippen molar-refractivity contribution in [3.05, 3.63) is 41.2 Å². The van der Waals surface area contributed by atoms with E-state index >= 15 is 0 Å². The SMILES string of the molecule is Cc1ccc(-n2ncc(S(=O)(=O)Cl)c2Cl)cc1. The minimum absolute atomic E-state index is 0.0242. The van der Waals surface area contributed by atoms with Crippen LogP contribution in [0.4, 0.5) is 0 Å². The topological polar surface area (TPSA) is 52.0 Å². The van der Waals surface area contributed by atoms with Gasteiger partial charge < -0.3 is 0 Å². The predicted molar refractivity (Wildman–Crippen MR) is 66.3 cm³/mol. The summed E-state index contributed by atoms with van der Waals surface area (Å²) in [5.74, 6) is 0. The smallest absolute Gasteiger partial charge is 0.221 e. The Kier molecular flexibility index (Phi) is 3.16. The van der Waals surface area contributed by atoms with Crippen molar-refractivity contribution >= 4 is 31.3 Å². The third-order valence-electron chi connectivity index (χ3n) is 2.22. The van der Waals surface area contributed by atoms with E-state index in [1.54, 1.807) is 12.1 Å². The lowest BCUT2D eigenvalue weighted by molar-refractivity contribution is 0.609. The second kappa shape index (κ2) is 4.33. The Hall–Kier alpha value is -1.04. The van der Waals surface area contributed by atoms with Crippen molar-refractivity contribution in [2.24, 2.45) is 0 Å². The number of rotatable bonds is 2. The molecule has 0 spiro atoms. The van der Waals surface area contributed by atoms with Gasteiger partial charge in [0.1, 0.15) is 4.90 Å². The Morgan fingerprint density at radius 2 is 1.82 bits per heavy atom. The number of halogens is 2. The molecule has 1 heterocycles. The lowest BCUT2D eigenvalue weighted by Crippen LogP contribution is -1.97. The van der Waals surface area contributed by atoms with E-state index in [2.05, 4.69) is 5.10 Å². The number of aromatic nitrogens is 2. The average molecular weight is 291 g/mol. The van der Waals surface area contributed by atoms with Crippen LogP contribution in [0.25, 0.3) is 5.69 Å². The summed E-state index contributed by atoms with van der Waals surface area (Å²) in [5, 5.41) is 3.88. The van der Waals surface area contributed by atoms with Gasteiger partial charge >= 0.3 is 0 Å². The first-order chi connectivity index (χ1) is 7.89. The van der Waals surface area contributed by atoms with Crippen LogP contribution in [0.2, 0.25) is 5.15 Å². The van der Waals surface area contributed by atoms with Gasteiger partial charge in [-0.3, -0.25) is 0 Å². The van der Waals surface area contributed by atoms with Gasteiger partial charge in [-0.2, -0.15) is 5.10 Å². The van der Waals surface area contributed by atoms with Crippen molar-refractivity contribution in [3.63, 3.8) is 0 Å². The van der Waals surface area contributed by atoms with Crippen LogP contribution in [0.5, 0.6) is 0 Å². The molecule has 0 saturated heterocycles. The van der Waals surface area contributed by atoms with Crippen molar-refractivity contribution in [2.45, 2.75) is 11.8 Å². The molecule has 0 aliphatic heterocycles. The number of benzene rings is 1. The molecule has 2 rings (SSSR count). The number of nitrogens with zero attached hydrogens (tertiary/aromatic N) is 2. The van der Waals surface area contributed by atoms with Gasteiger partial charge in [-0.05, 0) is 19.1 Å². The Morgan fingerprint density at radius 3 is 2.29 bits per heavy atom. The van der Waals surface area contributed by atoms with Crippen molar-refractivity contribution < 1.29 is 8.42 Å². The van der Waals surface area contributed by atoms with Crippen molar-refractivity contribution in [1.29, 1.82) is 0 Å². The molecule has 0 amide bonds. The van der Waals surface area contributed by atoms with E-state index in [4.69, 9.17) is 22.3 Å². The van der Waals surface area contributed by atoms with Crippen LogP contribution >= 0.6 is 22.3 Å². The van der Waals surface area contributed by atoms with Gasteiger partial charge in [0.05, 0.1) is 11.9 Å². The summed E-state index contributed by atoms with van der Waals surface area (Å²) in [6, 6.07) is 7.34. The fraction of sp³-hybridized carbons (Fsp3) is 0.100. The Balaban J connectivity index is 2.55. The minimum atomic E-state index is -3.87. The fourth-order valence-electron chi connectivity index (χ4n) is 1.35. The number of hydrogen-bond donors (Lipinski definition) is 0. The third kappa shape index (κ3) is 2.46. The second-order valence-corrected chi connectivity index (χ2v) is 6.38. The zero-order chi connectivity index (χ0) is 12.6. The highest BCUT2D eigenvalue weighted by Crippen LogP contribution is 2.26. The lowest BCUT2D eigenvalue weighted by atomic mass is 10.2. The fourth-order valence-corrected chi connectivity index (χ4v) is 2.76. The maximum absolute atomic E-state index is 11.2. The summed E-state index contributed by atoms with van der Waals surface area (Å²) in [5.41, 5.74) is 1.76. The molecule has 17 heavy (non-hydrogen) atoms. The van der Waals surface area contributed by atoms with Crippen LogP contribution in [-0.2, 0) is 9.05 Å². The highest BCUT2D eigenvalue weighted by atomic mass is 35.7. The van der Waals surface area contributed by atoms with Crippen LogP contribution in [0.1, 0.15) is 5.56 Å². The van der Waals surface area contributed by atoms with Gasteiger partial charge in [-0.1, -0.05) is 29.3 Å². The molecule has 7 heteroatoms. The van der Waals surface area contributed by atoms with E-state index in [-0.39, 0.29) is 10.0 Å². The van der Waals surface area contributed by atoms with Crippen LogP contribution in [-0.4, -0.2) is 18.2 Å². The zero-order valence-electron chi connectivity index (χ0n) is 8.76. The first kappa shape index (κ1) is 12.4. The Labute approximate surface area is 108 Å². The van der Waals surface area contributed by atoms with Gasteiger partial charge in [0.25, 0.3) is 9.05 Å². The molecule has 0 saturated carbocycles. The molecule has 90 valence electrons. The molecule has 0 unspecified atom stereocenters. The van der Waals surface area contributed by atoms with E-state index in [1.807, 2.05) is 19.1 Å². The maximum Gasteiger partial charge on any atom is 0.265 e. The standard InChI is InChI=1S/C10H8Cl2N2O2S/c1-7-2-4-8(5-3-7)14-10(11)9(6-13-14)17(12,15)16/h2-6H,1H3. The first-order valence-electron chi connectivity index (χ1n) is 4.65. The molecule has 0 atom stereocenters. The van der Waals surface area contributed by atoms with E-state index in [1.165, 1.54) is 4.68 Å². The number of aryl methyl sites for hydroxylation is 1. The lowest BCUT2D eigenvalue weighted by Gasteiger charge is -2.03. The summed E-state index contributed by atoms with van der Waals surface area (Å²) < 4.78 is 23.7. The highest BCUT2D eigenvalue weighted by Gasteiger charge is 2.20. The Morgan fingerprint density at radius 1 is 1.24 bits per heavy atom. The summed E-state index contributed by atoms with van der Waals surface area (Å²) >= 11 is 5.92. The van der Waals surface area contributed by atoms with Gasteiger partial charge in [0, 0.05) is 10.7 Å². The third-order valence-corrected chi connectivity index (χ3v) is 4.02. The molecule has 1 aromatic heterocycles. The quantitative estimate of drug-likeness (QED) is 0.799. The summed E-state index contributed by atoms with van der Waals surface area (Å²) in [7, 11) is 1.35. The summed E-state index contributed by atoms with van der Waals surface area (Å²) in [6.07, 6.45) is 1.13. The summed E-state index contributed by atoms with van der Waals surface area (Å²) in [6.45, 7) is 1.95. The zero-order valence-corrected chi connectivity index (χ0v) is 11.1. The molecule has 0 aliphatic rings. The Bertz CT molecular complexity index is 647. The van der Waals surface area contributed by atoms with Crippen molar-refractivity contribution in [3.8, 4) is 5.69 Å². The molecule has 0 fully saturated rings. The second-order valence-electron chi connectivity index (χ2n) is 3.48. The van der Waals surface area contributed by atoms with Crippen molar-refractivity contribution in [2.75, 3.05) is 0 Å². The monoisotopic (exact) mass is 290 g/mol. The van der Waals surface area contributed by atoms with Crippen molar-refractivity contribution in [1.82, 2.24) is 9.78 Å². The van der Waals surface area contributed by atoms with Crippen LogP contribution < -0.4 is 0 Å². The molecular formula is C10H8Cl2N2O2S. The molecule has 0 radical (unpaired) electrons. The maximum atomic E-state index is 11.2.